The summed E-state index contributed by atoms with van der Waals surface area (Å²) in [7, 11) is 1.29. The number of nitrogens with zero attached hydrogens (tertiary/aromatic N) is 1. The van der Waals surface area contributed by atoms with Gasteiger partial charge in [-0.15, -0.1) is 0 Å². The molecule has 8 nitrogen and oxygen atoms in total. The van der Waals surface area contributed by atoms with E-state index in [0.717, 1.165) is 18.1 Å². The van der Waals surface area contributed by atoms with Crippen molar-refractivity contribution in [3.63, 3.8) is 0 Å². The van der Waals surface area contributed by atoms with Crippen molar-refractivity contribution in [2.45, 2.75) is 13.3 Å². The number of amides is 1. The van der Waals surface area contributed by atoms with Gasteiger partial charge in [-0.1, -0.05) is 19.1 Å². The second-order valence-corrected chi connectivity index (χ2v) is 5.32. The van der Waals surface area contributed by atoms with Gasteiger partial charge in [-0.2, -0.15) is 0 Å². The van der Waals surface area contributed by atoms with Crippen LogP contribution in [0, 0.1) is 10.1 Å². The van der Waals surface area contributed by atoms with E-state index in [4.69, 9.17) is 9.47 Å². The normalized spacial score (nSPS) is 10.1. The van der Waals surface area contributed by atoms with E-state index in [2.05, 4.69) is 5.32 Å². The van der Waals surface area contributed by atoms with Gasteiger partial charge in [0, 0.05) is 11.8 Å². The second-order valence-electron chi connectivity index (χ2n) is 5.32. The van der Waals surface area contributed by atoms with Gasteiger partial charge in [0.15, 0.2) is 12.4 Å². The molecule has 2 aromatic carbocycles. The van der Waals surface area contributed by atoms with Gasteiger partial charge in [-0.05, 0) is 36.2 Å². The van der Waals surface area contributed by atoms with Crippen LogP contribution < -0.4 is 10.1 Å². The molecule has 0 aliphatic carbocycles. The van der Waals surface area contributed by atoms with E-state index < -0.39 is 23.4 Å². The number of anilines is 1. The molecule has 136 valence electrons. The van der Waals surface area contributed by atoms with E-state index in [9.17, 15) is 19.7 Å². The van der Waals surface area contributed by atoms with Crippen LogP contribution in [-0.4, -0.2) is 30.5 Å². The molecule has 0 bridgehead atoms. The van der Waals surface area contributed by atoms with Gasteiger partial charge in [-0.3, -0.25) is 14.9 Å². The third-order valence-electron chi connectivity index (χ3n) is 3.56. The fraction of sp³-hybridized carbons (Fsp3) is 0.222. The van der Waals surface area contributed by atoms with Gasteiger partial charge in [0.05, 0.1) is 17.6 Å². The number of nitro groups is 1. The molecular weight excluding hydrogens is 340 g/mol. The maximum atomic E-state index is 12.0. The number of carbonyl (C=O) groups is 2. The Morgan fingerprint density at radius 2 is 1.96 bits per heavy atom. The van der Waals surface area contributed by atoms with Crippen molar-refractivity contribution in [2.75, 3.05) is 19.0 Å². The Balaban J connectivity index is 1.98. The van der Waals surface area contributed by atoms with Gasteiger partial charge < -0.3 is 14.8 Å². The van der Waals surface area contributed by atoms with Gasteiger partial charge in [0.25, 0.3) is 5.91 Å². The molecule has 8 heteroatoms. The van der Waals surface area contributed by atoms with Crippen molar-refractivity contribution < 1.29 is 24.0 Å². The van der Waals surface area contributed by atoms with Crippen LogP contribution in [0.25, 0.3) is 0 Å². The van der Waals surface area contributed by atoms with Crippen LogP contribution in [-0.2, 0) is 16.0 Å². The van der Waals surface area contributed by atoms with E-state index >= 15 is 0 Å². The lowest BCUT2D eigenvalue weighted by molar-refractivity contribution is -0.385. The minimum atomic E-state index is -0.840. The molecule has 0 saturated carbocycles. The highest BCUT2D eigenvalue weighted by molar-refractivity contribution is 5.96. The fourth-order valence-electron chi connectivity index (χ4n) is 2.24. The second kappa shape index (κ2) is 8.61. The highest BCUT2D eigenvalue weighted by Gasteiger charge is 2.19. The van der Waals surface area contributed by atoms with Gasteiger partial charge in [-0.25, -0.2) is 4.79 Å². The summed E-state index contributed by atoms with van der Waals surface area (Å²) in [6.07, 6.45) is 0.828. The SMILES string of the molecule is CCc1cccc(NC(=O)COC(=O)c2ccc(OC)c([N+](=O)[O-])c2)c1. The highest BCUT2D eigenvalue weighted by Crippen LogP contribution is 2.27. The Morgan fingerprint density at radius 1 is 1.19 bits per heavy atom. The smallest absolute Gasteiger partial charge is 0.338 e. The van der Waals surface area contributed by atoms with Crippen molar-refractivity contribution in [3.8, 4) is 5.75 Å². The molecule has 1 amide bonds. The molecule has 0 unspecified atom stereocenters. The van der Waals surface area contributed by atoms with Crippen LogP contribution in [0.5, 0.6) is 5.75 Å². The molecule has 0 fully saturated rings. The zero-order valence-electron chi connectivity index (χ0n) is 14.4. The maximum absolute atomic E-state index is 12.0. The molecule has 2 rings (SSSR count). The first kappa shape index (κ1) is 18.9. The quantitative estimate of drug-likeness (QED) is 0.463. The molecule has 0 aliphatic heterocycles. The third kappa shape index (κ3) is 4.79. The summed E-state index contributed by atoms with van der Waals surface area (Å²) in [6.45, 7) is 1.49. The van der Waals surface area contributed by atoms with Crippen LogP contribution in [0.3, 0.4) is 0 Å². The molecule has 0 radical (unpaired) electrons. The minimum absolute atomic E-state index is 0.0279. The molecule has 0 aromatic heterocycles. The molecule has 2 aromatic rings. The first-order valence-corrected chi connectivity index (χ1v) is 7.83. The van der Waals surface area contributed by atoms with Crippen LogP contribution in [0.4, 0.5) is 11.4 Å². The largest absolute Gasteiger partial charge is 0.490 e. The molecule has 0 aliphatic rings. The topological polar surface area (TPSA) is 108 Å². The molecule has 26 heavy (non-hydrogen) atoms. The number of benzene rings is 2. The average Bonchev–Trinajstić information content (AvgIpc) is 2.65. The first-order chi connectivity index (χ1) is 12.4. The Hall–Kier alpha value is -3.42. The zero-order chi connectivity index (χ0) is 19.1. The zero-order valence-corrected chi connectivity index (χ0v) is 14.4. The predicted molar refractivity (Wildman–Crippen MR) is 94.4 cm³/mol. The van der Waals surface area contributed by atoms with E-state index in [1.54, 1.807) is 6.07 Å². The molecule has 0 heterocycles. The van der Waals surface area contributed by atoms with Crippen LogP contribution in [0.15, 0.2) is 42.5 Å². The van der Waals surface area contributed by atoms with Gasteiger partial charge >= 0.3 is 11.7 Å². The number of nitro benzene ring substituents is 1. The highest BCUT2D eigenvalue weighted by atomic mass is 16.6. The van der Waals surface area contributed by atoms with Crippen molar-refractivity contribution >= 4 is 23.3 Å². The van der Waals surface area contributed by atoms with E-state index in [-0.39, 0.29) is 17.0 Å². The Morgan fingerprint density at radius 3 is 2.62 bits per heavy atom. The predicted octanol–water partition coefficient (Wildman–Crippen LogP) is 2.96. The van der Waals surface area contributed by atoms with Crippen molar-refractivity contribution in [2.24, 2.45) is 0 Å². The Bertz CT molecular complexity index is 834. The Labute approximate surface area is 149 Å². The molecule has 0 saturated heterocycles. The number of aryl methyl sites for hydroxylation is 1. The molecule has 0 spiro atoms. The number of ether oxygens (including phenoxy) is 2. The molecule has 0 atom stereocenters. The lowest BCUT2D eigenvalue weighted by Gasteiger charge is -2.08. The van der Waals surface area contributed by atoms with E-state index in [1.165, 1.54) is 19.2 Å². The maximum Gasteiger partial charge on any atom is 0.338 e. The third-order valence-corrected chi connectivity index (χ3v) is 3.56. The summed E-state index contributed by atoms with van der Waals surface area (Å²) in [5.41, 5.74) is 1.26. The van der Waals surface area contributed by atoms with E-state index in [0.29, 0.717) is 5.69 Å². The number of methoxy groups -OCH3 is 1. The first-order valence-electron chi connectivity index (χ1n) is 7.83. The number of carbonyl (C=O) groups excluding carboxylic acids is 2. The Kier molecular flexibility index (Phi) is 6.26. The van der Waals surface area contributed by atoms with Crippen molar-refractivity contribution in [3.05, 3.63) is 63.7 Å². The summed E-state index contributed by atoms with van der Waals surface area (Å²) >= 11 is 0. The number of nitrogens with one attached hydrogen (secondary N) is 1. The number of esters is 1. The summed E-state index contributed by atoms with van der Waals surface area (Å²) in [5, 5.41) is 13.6. The monoisotopic (exact) mass is 358 g/mol. The standard InChI is InChI=1S/C18H18N2O6/c1-3-12-5-4-6-14(9-12)19-17(21)11-26-18(22)13-7-8-16(25-2)15(10-13)20(23)24/h4-10H,3,11H2,1-2H3,(H,19,21). The van der Waals surface area contributed by atoms with E-state index in [1.807, 2.05) is 25.1 Å². The summed E-state index contributed by atoms with van der Waals surface area (Å²) in [4.78, 5) is 34.2. The summed E-state index contributed by atoms with van der Waals surface area (Å²) in [6, 6.07) is 11.0. The molecular formula is C18H18N2O6. The van der Waals surface area contributed by atoms with Gasteiger partial charge in [0.1, 0.15) is 0 Å². The van der Waals surface area contributed by atoms with Crippen molar-refractivity contribution in [1.29, 1.82) is 0 Å². The van der Waals surface area contributed by atoms with Crippen LogP contribution >= 0.6 is 0 Å². The molecule has 1 N–H and O–H groups in total. The van der Waals surface area contributed by atoms with Crippen LogP contribution in [0.1, 0.15) is 22.8 Å². The summed E-state index contributed by atoms with van der Waals surface area (Å²) in [5.74, 6) is -1.32. The fourth-order valence-corrected chi connectivity index (χ4v) is 2.24. The lowest BCUT2D eigenvalue weighted by atomic mass is 10.1. The number of hydrogen-bond donors (Lipinski definition) is 1. The van der Waals surface area contributed by atoms with Crippen LogP contribution in [0.2, 0.25) is 0 Å². The number of hydrogen-bond acceptors (Lipinski definition) is 6. The average molecular weight is 358 g/mol. The minimum Gasteiger partial charge on any atom is -0.490 e. The van der Waals surface area contributed by atoms with Crippen molar-refractivity contribution in [1.82, 2.24) is 0 Å². The van der Waals surface area contributed by atoms with Gasteiger partial charge in [0.2, 0.25) is 0 Å². The number of rotatable bonds is 7. The lowest BCUT2D eigenvalue weighted by Crippen LogP contribution is -2.21. The summed E-state index contributed by atoms with van der Waals surface area (Å²) < 4.78 is 9.78.